The maximum absolute atomic E-state index is 11.7. The smallest absolute Gasteiger partial charge is 0.277 e. The molecule has 4 N–H and O–H groups in total. The molecular formula is C10H25N3O2S. The van der Waals surface area contributed by atoms with Gasteiger partial charge in [0.15, 0.2) is 0 Å². The largest absolute Gasteiger partial charge is 0.329 e. The van der Waals surface area contributed by atoms with E-state index in [-0.39, 0.29) is 6.04 Å². The van der Waals surface area contributed by atoms with Crippen molar-refractivity contribution in [3.63, 3.8) is 0 Å². The molecule has 0 aliphatic rings. The lowest BCUT2D eigenvalue weighted by molar-refractivity contribution is 0.443. The van der Waals surface area contributed by atoms with Gasteiger partial charge in [-0.2, -0.15) is 17.9 Å². The molecule has 0 aliphatic heterocycles. The van der Waals surface area contributed by atoms with Gasteiger partial charge in [0.05, 0.1) is 0 Å². The molecule has 0 spiro atoms. The van der Waals surface area contributed by atoms with E-state index < -0.39 is 15.7 Å². The van der Waals surface area contributed by atoms with E-state index in [1.54, 1.807) is 20.8 Å². The van der Waals surface area contributed by atoms with Gasteiger partial charge >= 0.3 is 0 Å². The highest BCUT2D eigenvalue weighted by Crippen LogP contribution is 2.06. The Morgan fingerprint density at radius 1 is 1.25 bits per heavy atom. The third kappa shape index (κ3) is 8.04. The maximum atomic E-state index is 11.7. The normalized spacial score (nSPS) is 15.4. The number of nitrogens with one attached hydrogen (secondary N) is 2. The van der Waals surface area contributed by atoms with Gasteiger partial charge in [-0.1, -0.05) is 13.8 Å². The number of hydrogen-bond donors (Lipinski definition) is 3. The summed E-state index contributed by atoms with van der Waals surface area (Å²) < 4.78 is 28.5. The van der Waals surface area contributed by atoms with E-state index in [4.69, 9.17) is 5.73 Å². The van der Waals surface area contributed by atoms with Crippen LogP contribution in [0, 0.1) is 5.92 Å². The van der Waals surface area contributed by atoms with E-state index in [9.17, 15) is 8.42 Å². The molecule has 0 fully saturated rings. The molecule has 0 rings (SSSR count). The fourth-order valence-electron chi connectivity index (χ4n) is 1.41. The molecular weight excluding hydrogens is 226 g/mol. The Morgan fingerprint density at radius 3 is 2.06 bits per heavy atom. The maximum Gasteiger partial charge on any atom is 0.277 e. The van der Waals surface area contributed by atoms with Crippen LogP contribution >= 0.6 is 0 Å². The van der Waals surface area contributed by atoms with Crippen LogP contribution in [0.4, 0.5) is 0 Å². The average molecular weight is 251 g/mol. The second kappa shape index (κ2) is 5.95. The molecule has 1 unspecified atom stereocenters. The molecule has 0 aromatic heterocycles. The predicted octanol–water partition coefficient (Wildman–Crippen LogP) is 0.582. The minimum absolute atomic E-state index is 0.208. The van der Waals surface area contributed by atoms with Crippen LogP contribution in [0.5, 0.6) is 0 Å². The summed E-state index contributed by atoms with van der Waals surface area (Å²) in [6, 6.07) is -0.208. The Labute approximate surface area is 99.4 Å². The van der Waals surface area contributed by atoms with Crippen molar-refractivity contribution >= 4 is 10.2 Å². The molecule has 1 atom stereocenters. The third-order valence-corrected chi connectivity index (χ3v) is 3.33. The highest BCUT2D eigenvalue weighted by molar-refractivity contribution is 7.87. The van der Waals surface area contributed by atoms with Gasteiger partial charge in [0, 0.05) is 18.1 Å². The first-order chi connectivity index (χ1) is 7.06. The van der Waals surface area contributed by atoms with Gasteiger partial charge in [0.1, 0.15) is 0 Å². The van der Waals surface area contributed by atoms with Crippen molar-refractivity contribution in [2.75, 3.05) is 6.54 Å². The molecule has 6 heteroatoms. The lowest BCUT2D eigenvalue weighted by atomic mass is 10.1. The Hall–Kier alpha value is -0.170. The van der Waals surface area contributed by atoms with Gasteiger partial charge in [-0.3, -0.25) is 0 Å². The van der Waals surface area contributed by atoms with Gasteiger partial charge in [0.2, 0.25) is 0 Å². The molecule has 0 aromatic carbocycles. The molecule has 5 nitrogen and oxygen atoms in total. The number of nitrogens with two attached hydrogens (primary N) is 1. The van der Waals surface area contributed by atoms with Crippen molar-refractivity contribution < 1.29 is 8.42 Å². The second-order valence-electron chi connectivity index (χ2n) is 5.54. The summed E-state index contributed by atoms with van der Waals surface area (Å²) in [6.45, 7) is 9.77. The van der Waals surface area contributed by atoms with E-state index in [1.807, 2.05) is 13.8 Å². The average Bonchev–Trinajstić information content (AvgIpc) is 1.96. The summed E-state index contributed by atoms with van der Waals surface area (Å²) in [5.74, 6) is 0.408. The third-order valence-electron chi connectivity index (χ3n) is 1.80. The molecule has 98 valence electrons. The van der Waals surface area contributed by atoms with Gasteiger partial charge in [-0.05, 0) is 33.1 Å². The zero-order valence-corrected chi connectivity index (χ0v) is 11.7. The quantitative estimate of drug-likeness (QED) is 0.645. The van der Waals surface area contributed by atoms with Gasteiger partial charge in [-0.15, -0.1) is 0 Å². The van der Waals surface area contributed by atoms with Gasteiger partial charge < -0.3 is 5.73 Å². The van der Waals surface area contributed by atoms with Crippen LogP contribution in [0.2, 0.25) is 0 Å². The van der Waals surface area contributed by atoms with Crippen LogP contribution in [0.1, 0.15) is 41.0 Å². The first kappa shape index (κ1) is 15.8. The first-order valence-electron chi connectivity index (χ1n) is 5.57. The molecule has 0 aliphatic carbocycles. The van der Waals surface area contributed by atoms with Gasteiger partial charge in [0.25, 0.3) is 10.2 Å². The van der Waals surface area contributed by atoms with E-state index in [1.165, 1.54) is 0 Å². The summed E-state index contributed by atoms with van der Waals surface area (Å²) >= 11 is 0. The zero-order valence-electron chi connectivity index (χ0n) is 10.9. The van der Waals surface area contributed by atoms with E-state index in [0.717, 1.165) is 6.42 Å². The monoisotopic (exact) mass is 251 g/mol. The highest BCUT2D eigenvalue weighted by atomic mass is 32.2. The molecule has 16 heavy (non-hydrogen) atoms. The van der Waals surface area contributed by atoms with Crippen LogP contribution in [0.3, 0.4) is 0 Å². The van der Waals surface area contributed by atoms with Crippen molar-refractivity contribution in [2.45, 2.75) is 52.6 Å². The van der Waals surface area contributed by atoms with Crippen LogP contribution in [0.15, 0.2) is 0 Å². The second-order valence-corrected chi connectivity index (χ2v) is 6.98. The lowest BCUT2D eigenvalue weighted by Crippen LogP contribution is -2.51. The minimum atomic E-state index is -3.48. The van der Waals surface area contributed by atoms with E-state index >= 15 is 0 Å². The molecule has 0 radical (unpaired) electrons. The molecule has 0 saturated carbocycles. The first-order valence-corrected chi connectivity index (χ1v) is 7.05. The summed E-state index contributed by atoms with van der Waals surface area (Å²) in [6.07, 6.45) is 0.738. The minimum Gasteiger partial charge on any atom is -0.329 e. The summed E-state index contributed by atoms with van der Waals surface area (Å²) in [7, 11) is -3.48. The number of rotatable bonds is 6. The Balaban J connectivity index is 4.44. The Kier molecular flexibility index (Phi) is 5.89. The SMILES string of the molecule is CC(C)CC(CN)NS(=O)(=O)NC(C)(C)C. The molecule has 0 bridgehead atoms. The summed E-state index contributed by atoms with van der Waals surface area (Å²) in [5.41, 5.74) is 5.05. The van der Waals surface area contributed by atoms with E-state index in [0.29, 0.717) is 12.5 Å². The fourth-order valence-corrected chi connectivity index (χ4v) is 2.91. The Morgan fingerprint density at radius 2 is 1.75 bits per heavy atom. The van der Waals surface area contributed by atoms with Crippen LogP contribution in [-0.2, 0) is 10.2 Å². The van der Waals surface area contributed by atoms with Gasteiger partial charge in [-0.25, -0.2) is 0 Å². The van der Waals surface area contributed by atoms with Crippen LogP contribution in [-0.4, -0.2) is 26.5 Å². The molecule has 0 amide bonds. The number of hydrogen-bond acceptors (Lipinski definition) is 3. The van der Waals surface area contributed by atoms with Crippen molar-refractivity contribution in [2.24, 2.45) is 11.7 Å². The van der Waals surface area contributed by atoms with Crippen LogP contribution in [0.25, 0.3) is 0 Å². The van der Waals surface area contributed by atoms with Crippen molar-refractivity contribution in [3.8, 4) is 0 Å². The van der Waals surface area contributed by atoms with E-state index in [2.05, 4.69) is 9.44 Å². The molecule has 0 saturated heterocycles. The summed E-state index contributed by atoms with van der Waals surface area (Å²) in [5, 5.41) is 0. The molecule has 0 heterocycles. The predicted molar refractivity (Wildman–Crippen MR) is 67.2 cm³/mol. The van der Waals surface area contributed by atoms with Crippen molar-refractivity contribution in [1.29, 1.82) is 0 Å². The molecule has 0 aromatic rings. The fraction of sp³-hybridized carbons (Fsp3) is 1.00. The zero-order chi connectivity index (χ0) is 13.0. The van der Waals surface area contributed by atoms with Crippen LogP contribution < -0.4 is 15.2 Å². The lowest BCUT2D eigenvalue weighted by Gasteiger charge is -2.24. The van der Waals surface area contributed by atoms with Crippen molar-refractivity contribution in [3.05, 3.63) is 0 Å². The highest BCUT2D eigenvalue weighted by Gasteiger charge is 2.22. The topological polar surface area (TPSA) is 84.2 Å². The standard InChI is InChI=1S/C10H25N3O2S/c1-8(2)6-9(7-11)12-16(14,15)13-10(3,4)5/h8-9,12-13H,6-7,11H2,1-5H3. The van der Waals surface area contributed by atoms with Crippen molar-refractivity contribution in [1.82, 2.24) is 9.44 Å². The summed E-state index contributed by atoms with van der Waals surface area (Å²) in [4.78, 5) is 0. The Bertz CT molecular complexity index is 294.